The molecule has 3 amide bonds. The van der Waals surface area contributed by atoms with Crippen molar-refractivity contribution in [3.05, 3.63) is 34.4 Å². The summed E-state index contributed by atoms with van der Waals surface area (Å²) < 4.78 is 5.12. The van der Waals surface area contributed by atoms with E-state index in [0.717, 1.165) is 0 Å². The Morgan fingerprint density at radius 1 is 1.07 bits per heavy atom. The predicted octanol–water partition coefficient (Wildman–Crippen LogP) is 2.34. The minimum absolute atomic E-state index is 0.102. The predicted molar refractivity (Wildman–Crippen MR) is 103 cm³/mol. The Morgan fingerprint density at radius 2 is 1.61 bits per heavy atom. The number of ether oxygens (including phenoxy) is 1. The van der Waals surface area contributed by atoms with Crippen molar-refractivity contribution in [1.29, 1.82) is 0 Å². The average molecular weight is 394 g/mol. The van der Waals surface area contributed by atoms with Gasteiger partial charge in [-0.2, -0.15) is 0 Å². The van der Waals surface area contributed by atoms with Gasteiger partial charge < -0.3 is 20.7 Å². The van der Waals surface area contributed by atoms with E-state index in [1.165, 1.54) is 45.0 Å². The number of nitro benzene ring substituents is 1. The van der Waals surface area contributed by atoms with Crippen LogP contribution in [0.15, 0.2) is 24.3 Å². The van der Waals surface area contributed by atoms with Gasteiger partial charge in [0, 0.05) is 17.8 Å². The number of hydrogen-bond acceptors (Lipinski definition) is 6. The van der Waals surface area contributed by atoms with Crippen molar-refractivity contribution in [1.82, 2.24) is 10.6 Å². The first-order chi connectivity index (χ1) is 12.7. The molecule has 10 nitrogen and oxygen atoms in total. The van der Waals surface area contributed by atoms with Crippen LogP contribution < -0.4 is 16.0 Å². The monoisotopic (exact) mass is 394 g/mol. The van der Waals surface area contributed by atoms with Crippen molar-refractivity contribution in [2.24, 2.45) is 0 Å². The SMILES string of the molecule is C[C@H](NC(=O)C(C)(C)NC(=O)OC(C)(C)C)C(=O)Nc1ccc([N+](=O)[O-])cc1. The standard InChI is InChI=1S/C18H26N4O6/c1-11(14(23)20-12-7-9-13(10-8-12)22(26)27)19-15(24)18(5,6)21-16(25)28-17(2,3)4/h7-11H,1-6H3,(H,19,24)(H,20,23)(H,21,25)/t11-/m0/s1. The summed E-state index contributed by atoms with van der Waals surface area (Å²) >= 11 is 0. The van der Waals surface area contributed by atoms with Crippen LogP contribution in [0.1, 0.15) is 41.5 Å². The molecule has 154 valence electrons. The fraction of sp³-hybridized carbons (Fsp3) is 0.500. The lowest BCUT2D eigenvalue weighted by Crippen LogP contribution is -2.58. The fourth-order valence-electron chi connectivity index (χ4n) is 1.98. The van der Waals surface area contributed by atoms with Gasteiger partial charge in [0.15, 0.2) is 0 Å². The number of amides is 3. The molecule has 0 radical (unpaired) electrons. The molecule has 1 aromatic rings. The second kappa shape index (κ2) is 8.68. The van der Waals surface area contributed by atoms with Crippen LogP contribution in [0.4, 0.5) is 16.2 Å². The van der Waals surface area contributed by atoms with Crippen molar-refractivity contribution in [2.45, 2.75) is 58.7 Å². The maximum Gasteiger partial charge on any atom is 0.408 e. The highest BCUT2D eigenvalue weighted by atomic mass is 16.6. The molecule has 0 unspecified atom stereocenters. The van der Waals surface area contributed by atoms with Crippen LogP contribution in [-0.2, 0) is 14.3 Å². The van der Waals surface area contributed by atoms with Gasteiger partial charge in [-0.3, -0.25) is 19.7 Å². The first kappa shape index (κ1) is 22.9. The second-order valence-corrected chi connectivity index (χ2v) is 7.74. The number of nitro groups is 1. The Morgan fingerprint density at radius 3 is 2.07 bits per heavy atom. The minimum Gasteiger partial charge on any atom is -0.444 e. The van der Waals surface area contributed by atoms with Crippen LogP contribution in [-0.4, -0.2) is 40.0 Å². The van der Waals surface area contributed by atoms with E-state index >= 15 is 0 Å². The molecule has 1 aromatic carbocycles. The highest BCUT2D eigenvalue weighted by Gasteiger charge is 2.33. The summed E-state index contributed by atoms with van der Waals surface area (Å²) in [6.45, 7) is 9.53. The molecule has 0 saturated heterocycles. The number of nitrogens with zero attached hydrogens (tertiary/aromatic N) is 1. The first-order valence-electron chi connectivity index (χ1n) is 8.59. The molecule has 0 saturated carbocycles. The zero-order valence-corrected chi connectivity index (χ0v) is 16.8. The van der Waals surface area contributed by atoms with Gasteiger partial charge in [0.2, 0.25) is 11.8 Å². The molecule has 28 heavy (non-hydrogen) atoms. The molecule has 0 fully saturated rings. The maximum absolute atomic E-state index is 12.4. The molecular weight excluding hydrogens is 368 g/mol. The zero-order chi connectivity index (χ0) is 21.7. The summed E-state index contributed by atoms with van der Waals surface area (Å²) in [6.07, 6.45) is -0.754. The highest BCUT2D eigenvalue weighted by Crippen LogP contribution is 2.15. The summed E-state index contributed by atoms with van der Waals surface area (Å²) in [5, 5.41) is 18.2. The van der Waals surface area contributed by atoms with Gasteiger partial charge in [-0.25, -0.2) is 4.79 Å². The second-order valence-electron chi connectivity index (χ2n) is 7.74. The Bertz CT molecular complexity index is 752. The Kier molecular flexibility index (Phi) is 7.09. The highest BCUT2D eigenvalue weighted by molar-refractivity contribution is 5.98. The average Bonchev–Trinajstić information content (AvgIpc) is 2.52. The van der Waals surface area contributed by atoms with Crippen molar-refractivity contribution >= 4 is 29.3 Å². The van der Waals surface area contributed by atoms with Crippen LogP contribution in [0.2, 0.25) is 0 Å². The van der Waals surface area contributed by atoms with Crippen molar-refractivity contribution in [3.63, 3.8) is 0 Å². The number of hydrogen-bond donors (Lipinski definition) is 3. The lowest BCUT2D eigenvalue weighted by Gasteiger charge is -2.28. The lowest BCUT2D eigenvalue weighted by molar-refractivity contribution is -0.384. The van der Waals surface area contributed by atoms with E-state index < -0.39 is 40.0 Å². The molecule has 10 heteroatoms. The molecule has 0 aromatic heterocycles. The molecule has 0 heterocycles. The number of nitrogens with one attached hydrogen (secondary N) is 3. The summed E-state index contributed by atoms with van der Waals surface area (Å²) in [5.41, 5.74) is -1.78. The van der Waals surface area contributed by atoms with E-state index in [1.54, 1.807) is 20.8 Å². The number of carbonyl (C=O) groups is 3. The van der Waals surface area contributed by atoms with E-state index in [4.69, 9.17) is 4.74 Å². The van der Waals surface area contributed by atoms with E-state index in [1.807, 2.05) is 0 Å². The van der Waals surface area contributed by atoms with Crippen LogP contribution >= 0.6 is 0 Å². The van der Waals surface area contributed by atoms with E-state index in [2.05, 4.69) is 16.0 Å². The van der Waals surface area contributed by atoms with E-state index in [9.17, 15) is 24.5 Å². The third kappa shape index (κ3) is 7.22. The maximum atomic E-state index is 12.4. The van der Waals surface area contributed by atoms with Gasteiger partial charge in [-0.1, -0.05) is 0 Å². The molecule has 0 aliphatic rings. The molecular formula is C18H26N4O6. The van der Waals surface area contributed by atoms with Crippen LogP contribution in [0.5, 0.6) is 0 Å². The Hall–Kier alpha value is -3.17. The molecule has 0 aliphatic carbocycles. The summed E-state index contributed by atoms with van der Waals surface area (Å²) in [6, 6.07) is 4.37. The van der Waals surface area contributed by atoms with Gasteiger partial charge in [-0.05, 0) is 53.7 Å². The minimum atomic E-state index is -1.32. The third-order valence-corrected chi connectivity index (χ3v) is 3.47. The van der Waals surface area contributed by atoms with Crippen molar-refractivity contribution in [3.8, 4) is 0 Å². The van der Waals surface area contributed by atoms with Crippen LogP contribution in [0.25, 0.3) is 0 Å². The molecule has 0 bridgehead atoms. The van der Waals surface area contributed by atoms with Gasteiger partial charge in [0.1, 0.15) is 17.2 Å². The fourth-order valence-corrected chi connectivity index (χ4v) is 1.98. The number of non-ortho nitro benzene ring substituents is 1. The summed E-state index contributed by atoms with van der Waals surface area (Å²) in [5.74, 6) is -1.10. The normalized spacial score (nSPS) is 12.5. The van der Waals surface area contributed by atoms with Crippen molar-refractivity contribution in [2.75, 3.05) is 5.32 Å². The topological polar surface area (TPSA) is 140 Å². The number of carbonyl (C=O) groups excluding carboxylic acids is 3. The van der Waals surface area contributed by atoms with Gasteiger partial charge in [0.25, 0.3) is 5.69 Å². The number of anilines is 1. The summed E-state index contributed by atoms with van der Waals surface area (Å²) in [4.78, 5) is 46.6. The molecule has 1 rings (SSSR count). The van der Waals surface area contributed by atoms with E-state index in [0.29, 0.717) is 5.69 Å². The lowest BCUT2D eigenvalue weighted by atomic mass is 10.0. The first-order valence-corrected chi connectivity index (χ1v) is 8.59. The zero-order valence-electron chi connectivity index (χ0n) is 16.8. The molecule has 0 spiro atoms. The quantitative estimate of drug-likeness (QED) is 0.500. The number of alkyl carbamates (subject to hydrolysis) is 1. The van der Waals surface area contributed by atoms with E-state index in [-0.39, 0.29) is 5.69 Å². The molecule has 0 aliphatic heterocycles. The van der Waals surface area contributed by atoms with Crippen molar-refractivity contribution < 1.29 is 24.0 Å². The number of rotatable bonds is 6. The Labute approximate surface area is 163 Å². The van der Waals surface area contributed by atoms with Gasteiger partial charge in [-0.15, -0.1) is 0 Å². The largest absolute Gasteiger partial charge is 0.444 e. The van der Waals surface area contributed by atoms with Gasteiger partial charge in [0.05, 0.1) is 4.92 Å². The Balaban J connectivity index is 2.65. The smallest absolute Gasteiger partial charge is 0.408 e. The number of benzene rings is 1. The summed E-state index contributed by atoms with van der Waals surface area (Å²) in [7, 11) is 0. The molecule has 1 atom stereocenters. The molecule has 3 N–H and O–H groups in total. The third-order valence-electron chi connectivity index (χ3n) is 3.47. The van der Waals surface area contributed by atoms with Gasteiger partial charge >= 0.3 is 6.09 Å². The van der Waals surface area contributed by atoms with Crippen LogP contribution in [0, 0.1) is 10.1 Å². The van der Waals surface area contributed by atoms with Crippen LogP contribution in [0.3, 0.4) is 0 Å².